The highest BCUT2D eigenvalue weighted by atomic mass is 16.3. The van der Waals surface area contributed by atoms with Crippen molar-refractivity contribution < 1.29 is 9.21 Å². The molecule has 0 unspecified atom stereocenters. The number of hydrogen-bond donors (Lipinski definition) is 1. The van der Waals surface area contributed by atoms with Gasteiger partial charge in [0.15, 0.2) is 0 Å². The molecule has 3 aromatic rings. The van der Waals surface area contributed by atoms with Crippen LogP contribution in [-0.4, -0.2) is 32.5 Å². The van der Waals surface area contributed by atoms with Gasteiger partial charge in [-0.3, -0.25) is 9.89 Å². The van der Waals surface area contributed by atoms with Crippen molar-refractivity contribution in [2.45, 2.75) is 39.2 Å². The maximum absolute atomic E-state index is 12.8. The molecular weight excluding hydrogens is 304 g/mol. The van der Waals surface area contributed by atoms with Crippen LogP contribution < -0.4 is 0 Å². The predicted octanol–water partition coefficient (Wildman–Crippen LogP) is 3.07. The van der Waals surface area contributed by atoms with Crippen molar-refractivity contribution in [3.05, 3.63) is 47.2 Å². The van der Waals surface area contributed by atoms with Gasteiger partial charge in [-0.1, -0.05) is 12.1 Å². The molecule has 4 rings (SSSR count). The van der Waals surface area contributed by atoms with Crippen molar-refractivity contribution in [1.82, 2.24) is 20.1 Å². The maximum Gasteiger partial charge on any atom is 0.227 e. The Labute approximate surface area is 139 Å². The highest BCUT2D eigenvalue weighted by Gasteiger charge is 2.32. The fourth-order valence-corrected chi connectivity index (χ4v) is 3.51. The number of nitrogens with one attached hydrogen (secondary N) is 1. The lowest BCUT2D eigenvalue weighted by atomic mass is 10.0. The topological polar surface area (TPSA) is 75.0 Å². The fraction of sp³-hybridized carbons (Fsp3) is 0.389. The van der Waals surface area contributed by atoms with Crippen LogP contribution in [0.3, 0.4) is 0 Å². The minimum absolute atomic E-state index is 0.00199. The molecule has 1 saturated heterocycles. The minimum atomic E-state index is 0.00199. The van der Waals surface area contributed by atoms with E-state index >= 15 is 0 Å². The molecule has 2 aromatic heterocycles. The fourth-order valence-electron chi connectivity index (χ4n) is 3.51. The molecule has 1 N–H and O–H groups in total. The van der Waals surface area contributed by atoms with Crippen molar-refractivity contribution in [2.24, 2.45) is 0 Å². The van der Waals surface area contributed by atoms with E-state index in [1.54, 1.807) is 6.26 Å². The van der Waals surface area contributed by atoms with Crippen molar-refractivity contribution in [1.29, 1.82) is 0 Å². The second kappa shape index (κ2) is 5.78. The summed E-state index contributed by atoms with van der Waals surface area (Å²) in [6.45, 7) is 4.87. The molecule has 1 aliphatic heterocycles. The predicted molar refractivity (Wildman–Crippen MR) is 89.5 cm³/mol. The van der Waals surface area contributed by atoms with E-state index in [2.05, 4.69) is 28.2 Å². The molecule has 24 heavy (non-hydrogen) atoms. The van der Waals surface area contributed by atoms with E-state index in [1.807, 2.05) is 17.9 Å². The number of carbonyl (C=O) groups is 1. The summed E-state index contributed by atoms with van der Waals surface area (Å²) in [6, 6.07) is 4.12. The summed E-state index contributed by atoms with van der Waals surface area (Å²) in [6.07, 6.45) is 5.46. The molecule has 3 heterocycles. The highest BCUT2D eigenvalue weighted by Crippen LogP contribution is 2.32. The standard InChI is InChI=1S/C18H20N4O2/c1-11-5-6-14-13(9-24-17(14)12(11)2)8-16(23)22-7-3-4-15(22)18-19-10-20-21-18/h5-6,9-10,15H,3-4,7-8H2,1-2H3,(H,19,20,21)/t15-/m1/s1. The molecular formula is C18H20N4O2. The van der Waals surface area contributed by atoms with E-state index < -0.39 is 0 Å². The van der Waals surface area contributed by atoms with Gasteiger partial charge in [0.25, 0.3) is 0 Å². The number of aromatic nitrogens is 3. The Morgan fingerprint density at radius 2 is 2.29 bits per heavy atom. The molecule has 0 saturated carbocycles. The summed E-state index contributed by atoms with van der Waals surface area (Å²) in [5, 5.41) is 7.83. The van der Waals surface area contributed by atoms with Crippen molar-refractivity contribution in [3.63, 3.8) is 0 Å². The number of aromatic amines is 1. The van der Waals surface area contributed by atoms with Crippen LogP contribution in [0.5, 0.6) is 0 Å². The van der Waals surface area contributed by atoms with E-state index in [0.717, 1.165) is 47.3 Å². The molecule has 124 valence electrons. The van der Waals surface area contributed by atoms with Crippen LogP contribution in [0.2, 0.25) is 0 Å². The third-order valence-electron chi connectivity index (χ3n) is 5.01. The van der Waals surface area contributed by atoms with Gasteiger partial charge in [0.2, 0.25) is 5.91 Å². The van der Waals surface area contributed by atoms with Gasteiger partial charge in [-0.15, -0.1) is 0 Å². The van der Waals surface area contributed by atoms with Gasteiger partial charge < -0.3 is 9.32 Å². The van der Waals surface area contributed by atoms with E-state index in [9.17, 15) is 4.79 Å². The smallest absolute Gasteiger partial charge is 0.227 e. The number of amides is 1. The van der Waals surface area contributed by atoms with Gasteiger partial charge >= 0.3 is 0 Å². The summed E-state index contributed by atoms with van der Waals surface area (Å²) < 4.78 is 5.72. The van der Waals surface area contributed by atoms with Crippen LogP contribution in [0.25, 0.3) is 11.0 Å². The zero-order valence-corrected chi connectivity index (χ0v) is 13.9. The number of likely N-dealkylation sites (tertiary alicyclic amines) is 1. The molecule has 6 heteroatoms. The van der Waals surface area contributed by atoms with E-state index in [0.29, 0.717) is 6.42 Å². The third-order valence-corrected chi connectivity index (χ3v) is 5.01. The first-order valence-corrected chi connectivity index (χ1v) is 8.26. The first kappa shape index (κ1) is 14.9. The monoisotopic (exact) mass is 324 g/mol. The Hall–Kier alpha value is -2.63. The third kappa shape index (κ3) is 2.38. The Morgan fingerprint density at radius 3 is 3.08 bits per heavy atom. The first-order chi connectivity index (χ1) is 11.6. The lowest BCUT2D eigenvalue weighted by molar-refractivity contribution is -0.131. The van der Waals surface area contributed by atoms with Gasteiger partial charge in [-0.05, 0) is 37.8 Å². The number of nitrogens with zero attached hydrogens (tertiary/aromatic N) is 3. The lowest BCUT2D eigenvalue weighted by Crippen LogP contribution is -2.32. The molecule has 1 fully saturated rings. The largest absolute Gasteiger partial charge is 0.464 e. The molecule has 1 atom stereocenters. The van der Waals surface area contributed by atoms with Crippen LogP contribution in [0, 0.1) is 13.8 Å². The van der Waals surface area contributed by atoms with E-state index in [-0.39, 0.29) is 11.9 Å². The molecule has 0 spiro atoms. The molecule has 6 nitrogen and oxygen atoms in total. The second-order valence-corrected chi connectivity index (χ2v) is 6.44. The zero-order valence-electron chi connectivity index (χ0n) is 13.9. The van der Waals surface area contributed by atoms with Gasteiger partial charge in [0.1, 0.15) is 17.7 Å². The summed E-state index contributed by atoms with van der Waals surface area (Å²) in [5.41, 5.74) is 4.15. The highest BCUT2D eigenvalue weighted by molar-refractivity contribution is 5.89. The summed E-state index contributed by atoms with van der Waals surface area (Å²) >= 11 is 0. The number of hydrogen-bond acceptors (Lipinski definition) is 4. The van der Waals surface area contributed by atoms with Crippen LogP contribution in [0.1, 0.15) is 41.4 Å². The molecule has 1 aromatic carbocycles. The first-order valence-electron chi connectivity index (χ1n) is 8.26. The van der Waals surface area contributed by atoms with Gasteiger partial charge in [0.05, 0.1) is 18.7 Å². The number of fused-ring (bicyclic) bond motifs is 1. The quantitative estimate of drug-likeness (QED) is 0.803. The van der Waals surface area contributed by atoms with Crippen molar-refractivity contribution in [3.8, 4) is 0 Å². The van der Waals surface area contributed by atoms with Gasteiger partial charge in [0, 0.05) is 17.5 Å². The molecule has 0 aliphatic carbocycles. The Morgan fingerprint density at radius 1 is 1.42 bits per heavy atom. The SMILES string of the molecule is Cc1ccc2c(CC(=O)N3CCC[C@@H]3c3ncn[nH]3)coc2c1C. The Bertz CT molecular complexity index is 882. The summed E-state index contributed by atoms with van der Waals surface area (Å²) in [7, 11) is 0. The van der Waals surface area contributed by atoms with Crippen molar-refractivity contribution in [2.75, 3.05) is 6.54 Å². The van der Waals surface area contributed by atoms with E-state index in [4.69, 9.17) is 4.42 Å². The van der Waals surface area contributed by atoms with Gasteiger partial charge in [-0.25, -0.2) is 4.98 Å². The molecule has 0 bridgehead atoms. The van der Waals surface area contributed by atoms with Crippen LogP contribution in [0.4, 0.5) is 0 Å². The molecule has 1 aliphatic rings. The number of aryl methyl sites for hydroxylation is 2. The number of rotatable bonds is 3. The average Bonchev–Trinajstić information content (AvgIpc) is 3.30. The number of benzene rings is 1. The maximum atomic E-state index is 12.8. The number of H-pyrrole nitrogens is 1. The second-order valence-electron chi connectivity index (χ2n) is 6.44. The summed E-state index contributed by atoms with van der Waals surface area (Å²) in [5.74, 6) is 0.874. The summed E-state index contributed by atoms with van der Waals surface area (Å²) in [4.78, 5) is 19.0. The lowest BCUT2D eigenvalue weighted by Gasteiger charge is -2.22. The van der Waals surface area contributed by atoms with E-state index in [1.165, 1.54) is 11.9 Å². The number of carbonyl (C=O) groups excluding carboxylic acids is 1. The molecule has 1 amide bonds. The van der Waals surface area contributed by atoms with Gasteiger partial charge in [-0.2, -0.15) is 5.10 Å². The number of furan rings is 1. The average molecular weight is 324 g/mol. The van der Waals surface area contributed by atoms with Crippen molar-refractivity contribution >= 4 is 16.9 Å². The Kier molecular flexibility index (Phi) is 3.59. The molecule has 0 radical (unpaired) electrons. The van der Waals surface area contributed by atoms with Crippen LogP contribution >= 0.6 is 0 Å². The minimum Gasteiger partial charge on any atom is -0.464 e. The Balaban J connectivity index is 1.59. The normalized spacial score (nSPS) is 17.8. The zero-order chi connectivity index (χ0) is 16.7. The van der Waals surface area contributed by atoms with Crippen LogP contribution in [0.15, 0.2) is 29.1 Å². The van der Waals surface area contributed by atoms with Crippen LogP contribution in [-0.2, 0) is 11.2 Å².